The zero-order valence-corrected chi connectivity index (χ0v) is 16.0. The minimum Gasteiger partial charge on any atom is -0.508 e. The van der Waals surface area contributed by atoms with Gasteiger partial charge in [0.15, 0.2) is 0 Å². The topological polar surface area (TPSA) is 32.3 Å². The zero-order chi connectivity index (χ0) is 18.1. The van der Waals surface area contributed by atoms with E-state index in [0.29, 0.717) is 29.5 Å². The third-order valence-electron chi connectivity index (χ3n) is 6.54. The van der Waals surface area contributed by atoms with Crippen molar-refractivity contribution in [3.8, 4) is 5.75 Å². The summed E-state index contributed by atoms with van der Waals surface area (Å²) in [5, 5.41) is 14.7. The molecule has 2 aromatic carbocycles. The second kappa shape index (κ2) is 7.34. The first-order chi connectivity index (χ1) is 12.7. The number of hydrogen-bond acceptors (Lipinski definition) is 2. The van der Waals surface area contributed by atoms with Crippen LogP contribution in [0.25, 0.3) is 0 Å². The quantitative estimate of drug-likeness (QED) is 0.628. The fraction of sp³-hybridized carbons (Fsp3) is 0.500. The Kier molecular flexibility index (Phi) is 4.93. The van der Waals surface area contributed by atoms with Gasteiger partial charge in [-0.05, 0) is 60.8 Å². The van der Waals surface area contributed by atoms with Gasteiger partial charge in [0.2, 0.25) is 0 Å². The molecular formula is C24H31NO. The molecule has 4 atom stereocenters. The summed E-state index contributed by atoms with van der Waals surface area (Å²) in [6, 6.07) is 15.6. The van der Waals surface area contributed by atoms with Crippen LogP contribution in [0.5, 0.6) is 5.75 Å². The lowest BCUT2D eigenvalue weighted by Crippen LogP contribution is -2.36. The molecule has 2 N–H and O–H groups in total. The van der Waals surface area contributed by atoms with Crippen LogP contribution in [0.1, 0.15) is 74.5 Å². The molecule has 1 heterocycles. The summed E-state index contributed by atoms with van der Waals surface area (Å²) in [5.74, 6) is 2.00. The molecule has 0 aromatic heterocycles. The Labute approximate surface area is 157 Å². The van der Waals surface area contributed by atoms with E-state index in [4.69, 9.17) is 0 Å². The number of aromatic hydroxyl groups is 1. The molecule has 0 amide bonds. The van der Waals surface area contributed by atoms with Crippen molar-refractivity contribution in [2.45, 2.75) is 70.3 Å². The molecule has 0 bridgehead atoms. The Morgan fingerprint density at radius 3 is 2.65 bits per heavy atom. The number of hydrogen-bond donors (Lipinski definition) is 2. The van der Waals surface area contributed by atoms with Crippen LogP contribution < -0.4 is 5.32 Å². The maximum absolute atomic E-state index is 10.9. The van der Waals surface area contributed by atoms with Gasteiger partial charge in [0, 0.05) is 23.2 Å². The molecule has 4 unspecified atom stereocenters. The molecule has 0 saturated heterocycles. The van der Waals surface area contributed by atoms with Crippen molar-refractivity contribution < 1.29 is 5.11 Å². The van der Waals surface area contributed by atoms with E-state index >= 15 is 0 Å². The van der Waals surface area contributed by atoms with E-state index in [9.17, 15) is 5.11 Å². The van der Waals surface area contributed by atoms with Crippen LogP contribution in [0.3, 0.4) is 0 Å². The predicted molar refractivity (Wildman–Crippen MR) is 109 cm³/mol. The lowest BCUT2D eigenvalue weighted by molar-refractivity contribution is 0.283. The van der Waals surface area contributed by atoms with Crippen molar-refractivity contribution in [2.24, 2.45) is 5.92 Å². The van der Waals surface area contributed by atoms with Gasteiger partial charge in [-0.3, -0.25) is 0 Å². The number of phenols is 1. The molecule has 1 saturated carbocycles. The fourth-order valence-electron chi connectivity index (χ4n) is 5.16. The van der Waals surface area contributed by atoms with Gasteiger partial charge in [-0.1, -0.05) is 57.0 Å². The van der Waals surface area contributed by atoms with Crippen LogP contribution in [0.4, 0.5) is 5.69 Å². The van der Waals surface area contributed by atoms with Crippen LogP contribution in [0.2, 0.25) is 0 Å². The van der Waals surface area contributed by atoms with Gasteiger partial charge >= 0.3 is 0 Å². The number of benzene rings is 2. The van der Waals surface area contributed by atoms with Crippen molar-refractivity contribution in [3.05, 3.63) is 59.2 Å². The average Bonchev–Trinajstić information content (AvgIpc) is 3.04. The van der Waals surface area contributed by atoms with Crippen molar-refractivity contribution in [2.75, 3.05) is 5.32 Å². The number of anilines is 1. The lowest BCUT2D eigenvalue weighted by atomic mass is 9.67. The van der Waals surface area contributed by atoms with Crippen LogP contribution in [-0.4, -0.2) is 11.1 Å². The molecule has 2 heteroatoms. The van der Waals surface area contributed by atoms with E-state index < -0.39 is 0 Å². The molecule has 1 fully saturated rings. The van der Waals surface area contributed by atoms with Crippen LogP contribution in [-0.2, 0) is 6.42 Å². The van der Waals surface area contributed by atoms with Gasteiger partial charge in [-0.25, -0.2) is 0 Å². The molecule has 0 radical (unpaired) electrons. The van der Waals surface area contributed by atoms with Gasteiger partial charge in [0.05, 0.1) is 0 Å². The van der Waals surface area contributed by atoms with E-state index in [1.165, 1.54) is 48.9 Å². The van der Waals surface area contributed by atoms with Crippen LogP contribution in [0, 0.1) is 5.92 Å². The summed E-state index contributed by atoms with van der Waals surface area (Å²) >= 11 is 0. The van der Waals surface area contributed by atoms with Gasteiger partial charge in [0.1, 0.15) is 5.75 Å². The van der Waals surface area contributed by atoms with Gasteiger partial charge < -0.3 is 10.4 Å². The standard InChI is InChI=1S/C24H31NO/c1-3-4-6-9-17-14-20-23(21(26)15-17)22-19(18-10-7-5-8-11-18)13-12-16(2)24(22)25-20/h5,7-8,10-11,14-16,19,22,24-26H,3-4,6,9,12-13H2,1-2H3. The van der Waals surface area contributed by atoms with E-state index in [1.807, 2.05) is 6.07 Å². The third kappa shape index (κ3) is 3.11. The number of unbranched alkanes of at least 4 members (excludes halogenated alkanes) is 2. The highest BCUT2D eigenvalue weighted by molar-refractivity contribution is 5.67. The summed E-state index contributed by atoms with van der Waals surface area (Å²) < 4.78 is 0. The maximum atomic E-state index is 10.9. The molecule has 2 aliphatic rings. The number of fused-ring (bicyclic) bond motifs is 3. The first kappa shape index (κ1) is 17.5. The Hall–Kier alpha value is -1.96. The smallest absolute Gasteiger partial charge is 0.121 e. The van der Waals surface area contributed by atoms with Crippen molar-refractivity contribution in [1.29, 1.82) is 0 Å². The molecule has 138 valence electrons. The Balaban J connectivity index is 1.69. The van der Waals surface area contributed by atoms with Crippen LogP contribution in [0.15, 0.2) is 42.5 Å². The lowest BCUT2D eigenvalue weighted by Gasteiger charge is -2.38. The fourth-order valence-corrected chi connectivity index (χ4v) is 5.16. The predicted octanol–water partition coefficient (Wildman–Crippen LogP) is 6.22. The highest BCUT2D eigenvalue weighted by Crippen LogP contribution is 2.55. The second-order valence-corrected chi connectivity index (χ2v) is 8.30. The van der Waals surface area contributed by atoms with Crippen molar-refractivity contribution >= 4 is 5.69 Å². The van der Waals surface area contributed by atoms with Gasteiger partial charge in [0.25, 0.3) is 0 Å². The monoisotopic (exact) mass is 349 g/mol. The Morgan fingerprint density at radius 1 is 1.08 bits per heavy atom. The van der Waals surface area contributed by atoms with E-state index in [-0.39, 0.29) is 0 Å². The van der Waals surface area contributed by atoms with Crippen molar-refractivity contribution in [3.63, 3.8) is 0 Å². The van der Waals surface area contributed by atoms with E-state index in [2.05, 4.69) is 55.6 Å². The third-order valence-corrected chi connectivity index (χ3v) is 6.54. The minimum absolute atomic E-state index is 0.376. The maximum Gasteiger partial charge on any atom is 0.121 e. The Bertz CT molecular complexity index is 754. The molecule has 1 aliphatic carbocycles. The second-order valence-electron chi connectivity index (χ2n) is 8.30. The highest BCUT2D eigenvalue weighted by Gasteiger charge is 2.45. The van der Waals surface area contributed by atoms with E-state index in [0.717, 1.165) is 12.0 Å². The zero-order valence-electron chi connectivity index (χ0n) is 16.0. The molecule has 2 aromatic rings. The highest BCUT2D eigenvalue weighted by atomic mass is 16.3. The summed E-state index contributed by atoms with van der Waals surface area (Å²) in [6.07, 6.45) is 7.18. The first-order valence-electron chi connectivity index (χ1n) is 10.4. The van der Waals surface area contributed by atoms with Gasteiger partial charge in [-0.15, -0.1) is 0 Å². The Morgan fingerprint density at radius 2 is 1.88 bits per heavy atom. The van der Waals surface area contributed by atoms with Crippen molar-refractivity contribution in [1.82, 2.24) is 0 Å². The molecule has 26 heavy (non-hydrogen) atoms. The number of rotatable bonds is 5. The summed E-state index contributed by atoms with van der Waals surface area (Å²) in [7, 11) is 0. The van der Waals surface area contributed by atoms with Gasteiger partial charge in [-0.2, -0.15) is 0 Å². The first-order valence-corrected chi connectivity index (χ1v) is 10.4. The molecule has 2 nitrogen and oxygen atoms in total. The molecule has 1 aliphatic heterocycles. The normalized spacial score (nSPS) is 26.8. The summed E-state index contributed by atoms with van der Waals surface area (Å²) in [5.41, 5.74) is 5.02. The summed E-state index contributed by atoms with van der Waals surface area (Å²) in [4.78, 5) is 0. The largest absolute Gasteiger partial charge is 0.508 e. The summed E-state index contributed by atoms with van der Waals surface area (Å²) in [6.45, 7) is 4.59. The number of phenolic OH excluding ortho intramolecular Hbond substituents is 1. The molecule has 4 rings (SSSR count). The minimum atomic E-state index is 0.376. The SMILES string of the molecule is CCCCCc1cc(O)c2c(c1)NC1C(C)CCC(c3ccccc3)C21. The van der Waals surface area contributed by atoms with Crippen LogP contribution >= 0.6 is 0 Å². The number of aryl methyl sites for hydroxylation is 1. The average molecular weight is 350 g/mol. The van der Waals surface area contributed by atoms with E-state index in [1.54, 1.807) is 0 Å². The molecule has 0 spiro atoms. The number of nitrogens with one attached hydrogen (secondary N) is 1. The molecular weight excluding hydrogens is 318 g/mol.